The average Bonchev–Trinajstić information content (AvgIpc) is 3.02. The Kier molecular flexibility index (Phi) is 7.87. The second kappa shape index (κ2) is 10.1. The number of carbonyl (C=O) groups excluding carboxylic acids is 1. The first-order chi connectivity index (χ1) is 12.5. The van der Waals surface area contributed by atoms with Crippen molar-refractivity contribution < 1.29 is 4.79 Å². The van der Waals surface area contributed by atoms with E-state index < -0.39 is 0 Å². The second-order valence-electron chi connectivity index (χ2n) is 5.70. The summed E-state index contributed by atoms with van der Waals surface area (Å²) in [7, 11) is 0. The molecule has 1 amide bonds. The summed E-state index contributed by atoms with van der Waals surface area (Å²) in [5.74, 6) is 0.598. The van der Waals surface area contributed by atoms with Gasteiger partial charge in [0, 0.05) is 41.3 Å². The van der Waals surface area contributed by atoms with Crippen LogP contribution in [-0.2, 0) is 11.3 Å². The molecule has 0 fully saturated rings. The number of aromatic nitrogens is 1. The Labute approximate surface area is 163 Å². The largest absolute Gasteiger partial charge is 0.357 e. The van der Waals surface area contributed by atoms with E-state index in [9.17, 15) is 4.79 Å². The van der Waals surface area contributed by atoms with Crippen LogP contribution in [0.5, 0.6) is 0 Å². The predicted molar refractivity (Wildman–Crippen MR) is 109 cm³/mol. The molecule has 2 rings (SSSR count). The third-order valence-electron chi connectivity index (χ3n) is 3.57. The minimum absolute atomic E-state index is 0.0748. The second-order valence-corrected chi connectivity index (χ2v) is 7.42. The van der Waals surface area contributed by atoms with Crippen LogP contribution in [0.1, 0.15) is 28.8 Å². The molecule has 1 aromatic heterocycles. The van der Waals surface area contributed by atoms with Gasteiger partial charge in [-0.05, 0) is 38.5 Å². The van der Waals surface area contributed by atoms with Crippen LogP contribution in [0.3, 0.4) is 0 Å². The van der Waals surface area contributed by atoms with Crippen molar-refractivity contribution in [3.63, 3.8) is 0 Å². The molecule has 1 heterocycles. The van der Waals surface area contributed by atoms with Crippen LogP contribution in [0.15, 0.2) is 29.4 Å². The first-order valence-corrected chi connectivity index (χ1v) is 9.67. The van der Waals surface area contributed by atoms with E-state index in [-0.39, 0.29) is 5.91 Å². The number of aryl methyl sites for hydroxylation is 1. The van der Waals surface area contributed by atoms with Crippen molar-refractivity contribution in [2.75, 3.05) is 18.4 Å². The fourth-order valence-electron chi connectivity index (χ4n) is 2.21. The maximum Gasteiger partial charge on any atom is 0.226 e. The first-order valence-electron chi connectivity index (χ1n) is 8.48. The van der Waals surface area contributed by atoms with Gasteiger partial charge in [-0.3, -0.25) is 4.79 Å². The minimum Gasteiger partial charge on any atom is -0.357 e. The number of amides is 1. The Morgan fingerprint density at radius 2 is 2.12 bits per heavy atom. The molecule has 0 aliphatic carbocycles. The number of nitrogens with one attached hydrogen (secondary N) is 3. The first kappa shape index (κ1) is 20.2. The van der Waals surface area contributed by atoms with Gasteiger partial charge in [0.15, 0.2) is 5.96 Å². The molecule has 0 aliphatic heterocycles. The van der Waals surface area contributed by atoms with Crippen molar-refractivity contribution in [1.29, 1.82) is 0 Å². The molecular formula is C18H24ClN5OS. The van der Waals surface area contributed by atoms with Crippen LogP contribution in [0.25, 0.3) is 0 Å². The van der Waals surface area contributed by atoms with Gasteiger partial charge >= 0.3 is 0 Å². The monoisotopic (exact) mass is 393 g/mol. The van der Waals surface area contributed by atoms with Crippen molar-refractivity contribution in [3.05, 3.63) is 44.9 Å². The molecule has 0 bridgehead atoms. The van der Waals surface area contributed by atoms with Gasteiger partial charge in [0.1, 0.15) is 5.01 Å². The Morgan fingerprint density at radius 1 is 1.31 bits per heavy atom. The molecular weight excluding hydrogens is 370 g/mol. The van der Waals surface area contributed by atoms with Crippen LogP contribution in [-0.4, -0.2) is 29.9 Å². The highest BCUT2D eigenvalue weighted by molar-refractivity contribution is 7.11. The molecule has 6 nitrogen and oxygen atoms in total. The van der Waals surface area contributed by atoms with Crippen LogP contribution in [0, 0.1) is 13.8 Å². The van der Waals surface area contributed by atoms with Crippen molar-refractivity contribution >= 4 is 40.5 Å². The lowest BCUT2D eigenvalue weighted by atomic mass is 10.2. The van der Waals surface area contributed by atoms with Gasteiger partial charge in [0.25, 0.3) is 0 Å². The Hall–Kier alpha value is -2.12. The van der Waals surface area contributed by atoms with E-state index in [2.05, 4.69) is 25.9 Å². The number of thiazole rings is 1. The molecule has 8 heteroatoms. The standard InChI is InChI=1S/C18H24ClN5OS/c1-4-20-18(23-11-17-22-10-12(2)26-17)21-9-8-16(25)24-15-7-5-6-14(19)13(15)3/h5-7,10H,4,8-9,11H2,1-3H3,(H,24,25)(H2,20,21,23). The molecule has 0 unspecified atom stereocenters. The smallest absolute Gasteiger partial charge is 0.226 e. The van der Waals surface area contributed by atoms with Crippen molar-refractivity contribution in [2.45, 2.75) is 33.7 Å². The number of guanidine groups is 1. The molecule has 0 spiro atoms. The van der Waals surface area contributed by atoms with E-state index in [0.29, 0.717) is 30.5 Å². The van der Waals surface area contributed by atoms with E-state index in [1.54, 1.807) is 17.4 Å². The highest BCUT2D eigenvalue weighted by Crippen LogP contribution is 2.22. The summed E-state index contributed by atoms with van der Waals surface area (Å²) in [4.78, 5) is 22.1. The third-order valence-corrected chi connectivity index (χ3v) is 4.88. The topological polar surface area (TPSA) is 78.4 Å². The molecule has 0 radical (unpaired) electrons. The van der Waals surface area contributed by atoms with Crippen LogP contribution in [0.2, 0.25) is 5.02 Å². The molecule has 2 aromatic rings. The van der Waals surface area contributed by atoms with E-state index in [1.165, 1.54) is 4.88 Å². The number of aliphatic imine (C=N–C) groups is 1. The SMILES string of the molecule is CCNC(=NCc1ncc(C)s1)NCCC(=O)Nc1cccc(Cl)c1C. The van der Waals surface area contributed by atoms with Crippen LogP contribution < -0.4 is 16.0 Å². The summed E-state index contributed by atoms with van der Waals surface area (Å²) >= 11 is 7.70. The number of nitrogens with zero attached hydrogens (tertiary/aromatic N) is 2. The van der Waals surface area contributed by atoms with E-state index in [0.717, 1.165) is 22.8 Å². The number of hydrogen-bond acceptors (Lipinski definition) is 4. The zero-order valence-electron chi connectivity index (χ0n) is 15.2. The third kappa shape index (κ3) is 6.31. The molecule has 0 saturated heterocycles. The summed E-state index contributed by atoms with van der Waals surface area (Å²) in [6, 6.07) is 5.46. The summed E-state index contributed by atoms with van der Waals surface area (Å²) in [5.41, 5.74) is 1.60. The number of hydrogen-bond donors (Lipinski definition) is 3. The van der Waals surface area contributed by atoms with Crippen LogP contribution >= 0.6 is 22.9 Å². The maximum absolute atomic E-state index is 12.1. The highest BCUT2D eigenvalue weighted by atomic mass is 35.5. The molecule has 140 valence electrons. The quantitative estimate of drug-likeness (QED) is 0.497. The van der Waals surface area contributed by atoms with Gasteiger partial charge < -0.3 is 16.0 Å². The summed E-state index contributed by atoms with van der Waals surface area (Å²) in [6.45, 7) is 7.65. The highest BCUT2D eigenvalue weighted by Gasteiger charge is 2.07. The van der Waals surface area contributed by atoms with Crippen molar-refractivity contribution in [2.24, 2.45) is 4.99 Å². The van der Waals surface area contributed by atoms with Gasteiger partial charge in [-0.1, -0.05) is 17.7 Å². The number of anilines is 1. The molecule has 1 aromatic carbocycles. The zero-order valence-corrected chi connectivity index (χ0v) is 16.8. The van der Waals surface area contributed by atoms with Crippen molar-refractivity contribution in [3.8, 4) is 0 Å². The summed E-state index contributed by atoms with van der Waals surface area (Å²) in [6.07, 6.45) is 2.17. The molecule has 0 atom stereocenters. The van der Waals surface area contributed by atoms with E-state index >= 15 is 0 Å². The molecule has 26 heavy (non-hydrogen) atoms. The number of carbonyl (C=O) groups is 1. The van der Waals surface area contributed by atoms with E-state index in [4.69, 9.17) is 11.6 Å². The normalized spacial score (nSPS) is 11.3. The van der Waals surface area contributed by atoms with Gasteiger partial charge in [-0.15, -0.1) is 11.3 Å². The molecule has 0 saturated carbocycles. The molecule has 3 N–H and O–H groups in total. The minimum atomic E-state index is -0.0748. The van der Waals surface area contributed by atoms with Gasteiger partial charge in [0.2, 0.25) is 5.91 Å². The van der Waals surface area contributed by atoms with Crippen LogP contribution in [0.4, 0.5) is 5.69 Å². The van der Waals surface area contributed by atoms with Crippen molar-refractivity contribution in [1.82, 2.24) is 15.6 Å². The van der Waals surface area contributed by atoms with Gasteiger partial charge in [-0.2, -0.15) is 0 Å². The van der Waals surface area contributed by atoms with E-state index in [1.807, 2.05) is 39.1 Å². The van der Waals surface area contributed by atoms with Gasteiger partial charge in [-0.25, -0.2) is 9.98 Å². The number of halogens is 1. The number of rotatable bonds is 7. The Balaban J connectivity index is 1.82. The number of benzene rings is 1. The fourth-order valence-corrected chi connectivity index (χ4v) is 3.10. The maximum atomic E-state index is 12.1. The lowest BCUT2D eigenvalue weighted by Crippen LogP contribution is -2.38. The Morgan fingerprint density at radius 3 is 2.81 bits per heavy atom. The average molecular weight is 394 g/mol. The zero-order chi connectivity index (χ0) is 18.9. The Bertz CT molecular complexity index is 775. The summed E-state index contributed by atoms with van der Waals surface area (Å²) in [5, 5.41) is 10.8. The summed E-state index contributed by atoms with van der Waals surface area (Å²) < 4.78 is 0. The predicted octanol–water partition coefficient (Wildman–Crippen LogP) is 3.50. The fraction of sp³-hybridized carbons (Fsp3) is 0.389. The lowest BCUT2D eigenvalue weighted by molar-refractivity contribution is -0.116. The van der Waals surface area contributed by atoms with Gasteiger partial charge in [0.05, 0.1) is 6.54 Å². The molecule has 0 aliphatic rings. The lowest BCUT2D eigenvalue weighted by Gasteiger charge is -2.12.